The Bertz CT molecular complexity index is 848. The first kappa shape index (κ1) is 16.9. The molecule has 0 radical (unpaired) electrons. The SMILES string of the molecule is O=C(C[C@@H]1OCCc2ccsc21)N[C@@H](Cn1cncn1)c1ccccc1. The van der Waals surface area contributed by atoms with Crippen LogP contribution in [0.3, 0.4) is 0 Å². The molecular weight excluding hydrogens is 348 g/mol. The lowest BCUT2D eigenvalue weighted by Crippen LogP contribution is -2.33. The van der Waals surface area contributed by atoms with Gasteiger partial charge in [0.05, 0.1) is 25.6 Å². The van der Waals surface area contributed by atoms with E-state index in [9.17, 15) is 4.79 Å². The first-order valence-corrected chi connectivity index (χ1v) is 9.52. The molecule has 2 aromatic heterocycles. The molecule has 26 heavy (non-hydrogen) atoms. The highest BCUT2D eigenvalue weighted by atomic mass is 32.1. The minimum atomic E-state index is -0.170. The number of hydrogen-bond donors (Lipinski definition) is 1. The second-order valence-electron chi connectivity index (χ2n) is 6.27. The Morgan fingerprint density at radius 2 is 2.23 bits per heavy atom. The summed E-state index contributed by atoms with van der Waals surface area (Å²) < 4.78 is 7.58. The van der Waals surface area contributed by atoms with E-state index < -0.39 is 0 Å². The van der Waals surface area contributed by atoms with Crippen LogP contribution in [-0.4, -0.2) is 27.3 Å². The fourth-order valence-electron chi connectivity index (χ4n) is 3.23. The molecular formula is C19H20N4O2S. The molecule has 7 heteroatoms. The van der Waals surface area contributed by atoms with Crippen molar-refractivity contribution >= 4 is 17.2 Å². The van der Waals surface area contributed by atoms with Gasteiger partial charge in [-0.15, -0.1) is 11.3 Å². The van der Waals surface area contributed by atoms with E-state index in [1.807, 2.05) is 30.3 Å². The van der Waals surface area contributed by atoms with Crippen molar-refractivity contribution in [2.45, 2.75) is 31.5 Å². The van der Waals surface area contributed by atoms with E-state index in [2.05, 4.69) is 26.8 Å². The molecule has 134 valence electrons. The summed E-state index contributed by atoms with van der Waals surface area (Å²) >= 11 is 1.67. The number of carbonyl (C=O) groups excluding carboxylic acids is 1. The van der Waals surface area contributed by atoms with Gasteiger partial charge in [0.2, 0.25) is 5.91 Å². The maximum atomic E-state index is 12.7. The largest absolute Gasteiger partial charge is 0.372 e. The summed E-state index contributed by atoms with van der Waals surface area (Å²) in [5.74, 6) is -0.0229. The van der Waals surface area contributed by atoms with E-state index in [1.165, 1.54) is 16.8 Å². The second kappa shape index (κ2) is 7.80. The highest BCUT2D eigenvalue weighted by Gasteiger charge is 2.26. The van der Waals surface area contributed by atoms with Gasteiger partial charge in [0.1, 0.15) is 18.8 Å². The predicted octanol–water partition coefficient (Wildman–Crippen LogP) is 2.90. The number of thiophene rings is 1. The minimum Gasteiger partial charge on any atom is -0.372 e. The Balaban J connectivity index is 1.46. The quantitative estimate of drug-likeness (QED) is 0.726. The van der Waals surface area contributed by atoms with Crippen molar-refractivity contribution in [3.63, 3.8) is 0 Å². The molecule has 0 saturated carbocycles. The number of fused-ring (bicyclic) bond motifs is 1. The van der Waals surface area contributed by atoms with E-state index >= 15 is 0 Å². The Labute approximate surface area is 155 Å². The molecule has 0 fully saturated rings. The zero-order chi connectivity index (χ0) is 17.8. The molecule has 0 bridgehead atoms. The number of nitrogens with one attached hydrogen (secondary N) is 1. The summed E-state index contributed by atoms with van der Waals surface area (Å²) in [6.07, 6.45) is 4.26. The van der Waals surface area contributed by atoms with Crippen LogP contribution in [-0.2, 0) is 22.5 Å². The minimum absolute atomic E-state index is 0.0229. The molecule has 1 amide bonds. The lowest BCUT2D eigenvalue weighted by atomic mass is 10.0. The highest BCUT2D eigenvalue weighted by molar-refractivity contribution is 7.10. The van der Waals surface area contributed by atoms with E-state index in [1.54, 1.807) is 22.3 Å². The van der Waals surface area contributed by atoms with Gasteiger partial charge in [-0.1, -0.05) is 30.3 Å². The number of aromatic nitrogens is 3. The van der Waals surface area contributed by atoms with Crippen LogP contribution in [0.15, 0.2) is 54.4 Å². The Hall–Kier alpha value is -2.51. The first-order valence-electron chi connectivity index (χ1n) is 8.64. The predicted molar refractivity (Wildman–Crippen MR) is 98.7 cm³/mol. The summed E-state index contributed by atoms with van der Waals surface area (Å²) in [4.78, 5) is 17.9. The van der Waals surface area contributed by atoms with Crippen molar-refractivity contribution in [2.75, 3.05) is 6.61 Å². The molecule has 0 unspecified atom stereocenters. The number of ether oxygens (including phenoxy) is 1. The third kappa shape index (κ3) is 3.84. The van der Waals surface area contributed by atoms with Gasteiger partial charge in [0.15, 0.2) is 0 Å². The molecule has 3 aromatic rings. The smallest absolute Gasteiger partial charge is 0.223 e. The monoisotopic (exact) mass is 368 g/mol. The van der Waals surface area contributed by atoms with E-state index in [4.69, 9.17) is 4.74 Å². The average molecular weight is 368 g/mol. The second-order valence-corrected chi connectivity index (χ2v) is 7.22. The van der Waals surface area contributed by atoms with Gasteiger partial charge in [-0.3, -0.25) is 9.48 Å². The summed E-state index contributed by atoms with van der Waals surface area (Å²) in [7, 11) is 0. The Kier molecular flexibility index (Phi) is 5.08. The van der Waals surface area contributed by atoms with Gasteiger partial charge < -0.3 is 10.1 Å². The molecule has 1 aromatic carbocycles. The fourth-order valence-corrected chi connectivity index (χ4v) is 4.23. The summed E-state index contributed by atoms with van der Waals surface area (Å²) in [6.45, 7) is 1.20. The van der Waals surface area contributed by atoms with Gasteiger partial charge in [-0.25, -0.2) is 4.98 Å². The van der Waals surface area contributed by atoms with Gasteiger partial charge in [0.25, 0.3) is 0 Å². The van der Waals surface area contributed by atoms with Crippen molar-refractivity contribution in [2.24, 2.45) is 0 Å². The zero-order valence-corrected chi connectivity index (χ0v) is 15.1. The lowest BCUT2D eigenvalue weighted by Gasteiger charge is -2.24. The molecule has 6 nitrogen and oxygen atoms in total. The Morgan fingerprint density at radius 1 is 1.35 bits per heavy atom. The van der Waals surface area contributed by atoms with Crippen molar-refractivity contribution in [1.29, 1.82) is 0 Å². The standard InChI is InChI=1S/C19H20N4O2S/c24-18(10-17-19-15(6-8-25-17)7-9-26-19)22-16(11-23-13-20-12-21-23)14-4-2-1-3-5-14/h1-5,7,9,12-13,16-17H,6,8,10-11H2,(H,22,24)/t16-,17-/m0/s1. The molecule has 0 saturated heterocycles. The first-order chi connectivity index (χ1) is 12.8. The van der Waals surface area contributed by atoms with Gasteiger partial charge >= 0.3 is 0 Å². The van der Waals surface area contributed by atoms with Gasteiger partial charge in [0, 0.05) is 4.88 Å². The number of benzene rings is 1. The third-order valence-electron chi connectivity index (χ3n) is 4.51. The van der Waals surface area contributed by atoms with Gasteiger partial charge in [-0.05, 0) is 29.0 Å². The summed E-state index contributed by atoms with van der Waals surface area (Å²) in [5, 5.41) is 9.37. The van der Waals surface area contributed by atoms with Crippen molar-refractivity contribution in [3.05, 3.63) is 70.4 Å². The van der Waals surface area contributed by atoms with Crippen LogP contribution < -0.4 is 5.32 Å². The molecule has 0 aliphatic carbocycles. The molecule has 3 heterocycles. The molecule has 0 spiro atoms. The topological polar surface area (TPSA) is 69.0 Å². The van der Waals surface area contributed by atoms with Crippen molar-refractivity contribution in [1.82, 2.24) is 20.1 Å². The number of rotatable bonds is 6. The molecule has 4 rings (SSSR count). The van der Waals surface area contributed by atoms with Crippen LogP contribution in [0.1, 0.15) is 34.6 Å². The maximum absolute atomic E-state index is 12.7. The average Bonchev–Trinajstić information content (AvgIpc) is 3.34. The van der Waals surface area contributed by atoms with Gasteiger partial charge in [-0.2, -0.15) is 5.10 Å². The zero-order valence-electron chi connectivity index (χ0n) is 14.2. The van der Waals surface area contributed by atoms with Crippen molar-refractivity contribution < 1.29 is 9.53 Å². The number of amides is 1. The van der Waals surface area contributed by atoms with Crippen LogP contribution in [0.5, 0.6) is 0 Å². The van der Waals surface area contributed by atoms with Crippen LogP contribution in [0.4, 0.5) is 0 Å². The summed E-state index contributed by atoms with van der Waals surface area (Å²) in [5.41, 5.74) is 2.35. The van der Waals surface area contributed by atoms with Crippen LogP contribution >= 0.6 is 11.3 Å². The molecule has 2 atom stereocenters. The van der Waals surface area contributed by atoms with E-state index in [-0.39, 0.29) is 18.1 Å². The maximum Gasteiger partial charge on any atom is 0.223 e. The molecule has 1 aliphatic heterocycles. The lowest BCUT2D eigenvalue weighted by molar-refractivity contribution is -0.125. The highest BCUT2D eigenvalue weighted by Crippen LogP contribution is 2.34. The number of hydrogen-bond acceptors (Lipinski definition) is 5. The number of carbonyl (C=O) groups is 1. The van der Waals surface area contributed by atoms with Crippen LogP contribution in [0, 0.1) is 0 Å². The van der Waals surface area contributed by atoms with Crippen molar-refractivity contribution in [3.8, 4) is 0 Å². The fraction of sp³-hybridized carbons (Fsp3) is 0.316. The number of nitrogens with zero attached hydrogens (tertiary/aromatic N) is 3. The molecule has 1 aliphatic rings. The van der Waals surface area contributed by atoms with E-state index in [0.29, 0.717) is 19.6 Å². The Morgan fingerprint density at radius 3 is 3.04 bits per heavy atom. The molecule has 1 N–H and O–H groups in total. The van der Waals surface area contributed by atoms with Crippen LogP contribution in [0.2, 0.25) is 0 Å². The van der Waals surface area contributed by atoms with Crippen LogP contribution in [0.25, 0.3) is 0 Å². The summed E-state index contributed by atoms with van der Waals surface area (Å²) in [6, 6.07) is 11.9. The third-order valence-corrected chi connectivity index (χ3v) is 5.56. The van der Waals surface area contributed by atoms with E-state index in [0.717, 1.165) is 12.0 Å². The normalized spacial score (nSPS) is 17.5.